The molecular formula is C16H28O6. The summed E-state index contributed by atoms with van der Waals surface area (Å²) in [6, 6.07) is 0. The van der Waals surface area contributed by atoms with Crippen LogP contribution >= 0.6 is 0 Å². The SMILES string of the molecule is C=COC(C)=O.O=C(O)CCCCCCCCCCC(=O)O. The van der Waals surface area contributed by atoms with Gasteiger partial charge in [-0.3, -0.25) is 14.4 Å². The summed E-state index contributed by atoms with van der Waals surface area (Å²) in [6.07, 6.45) is 9.61. The number of carbonyl (C=O) groups is 3. The third-order valence-electron chi connectivity index (χ3n) is 2.78. The Kier molecular flexibility index (Phi) is 17.5. The maximum Gasteiger partial charge on any atom is 0.307 e. The molecule has 0 aromatic heterocycles. The molecule has 0 aliphatic heterocycles. The molecule has 0 spiro atoms. The van der Waals surface area contributed by atoms with Crippen molar-refractivity contribution in [2.75, 3.05) is 0 Å². The number of hydrogen-bond acceptors (Lipinski definition) is 4. The van der Waals surface area contributed by atoms with Gasteiger partial charge in [0.25, 0.3) is 0 Å². The first-order valence-corrected chi connectivity index (χ1v) is 7.61. The lowest BCUT2D eigenvalue weighted by Gasteiger charge is -2.00. The van der Waals surface area contributed by atoms with Gasteiger partial charge in [0, 0.05) is 19.8 Å². The molecule has 22 heavy (non-hydrogen) atoms. The van der Waals surface area contributed by atoms with Crippen molar-refractivity contribution >= 4 is 17.9 Å². The van der Waals surface area contributed by atoms with Crippen molar-refractivity contribution in [1.82, 2.24) is 0 Å². The lowest BCUT2D eigenvalue weighted by Crippen LogP contribution is -1.94. The first kappa shape index (κ1) is 22.4. The molecule has 6 nitrogen and oxygen atoms in total. The molecule has 0 radical (unpaired) electrons. The van der Waals surface area contributed by atoms with Gasteiger partial charge < -0.3 is 14.9 Å². The van der Waals surface area contributed by atoms with E-state index in [9.17, 15) is 14.4 Å². The van der Waals surface area contributed by atoms with E-state index in [0.717, 1.165) is 57.6 Å². The van der Waals surface area contributed by atoms with Gasteiger partial charge in [0.2, 0.25) is 0 Å². The van der Waals surface area contributed by atoms with Crippen molar-refractivity contribution in [1.29, 1.82) is 0 Å². The van der Waals surface area contributed by atoms with Crippen LogP contribution in [0.3, 0.4) is 0 Å². The number of rotatable bonds is 12. The topological polar surface area (TPSA) is 101 Å². The summed E-state index contributed by atoms with van der Waals surface area (Å²) in [6.45, 7) is 4.48. The number of hydrogen-bond donors (Lipinski definition) is 2. The molecule has 6 heteroatoms. The van der Waals surface area contributed by atoms with Gasteiger partial charge in [-0.2, -0.15) is 0 Å². The molecule has 128 valence electrons. The fraction of sp³-hybridized carbons (Fsp3) is 0.688. The van der Waals surface area contributed by atoms with E-state index in [1.165, 1.54) is 6.92 Å². The first-order valence-electron chi connectivity index (χ1n) is 7.61. The second-order valence-electron chi connectivity index (χ2n) is 4.89. The highest BCUT2D eigenvalue weighted by Crippen LogP contribution is 2.10. The van der Waals surface area contributed by atoms with Gasteiger partial charge >= 0.3 is 17.9 Å². The van der Waals surface area contributed by atoms with Crippen LogP contribution in [0.4, 0.5) is 0 Å². The molecule has 0 amide bonds. The molecule has 0 aliphatic rings. The van der Waals surface area contributed by atoms with Crippen LogP contribution in [0.2, 0.25) is 0 Å². The number of carboxylic acids is 2. The maximum atomic E-state index is 10.2. The van der Waals surface area contributed by atoms with E-state index in [0.29, 0.717) is 0 Å². The van der Waals surface area contributed by atoms with Gasteiger partial charge in [-0.1, -0.05) is 45.1 Å². The number of carbonyl (C=O) groups excluding carboxylic acids is 1. The van der Waals surface area contributed by atoms with Crippen molar-refractivity contribution < 1.29 is 29.3 Å². The normalized spacial score (nSPS) is 9.32. The predicted molar refractivity (Wildman–Crippen MR) is 83.4 cm³/mol. The Hall–Kier alpha value is -1.85. The summed E-state index contributed by atoms with van der Waals surface area (Å²) < 4.78 is 4.17. The summed E-state index contributed by atoms with van der Waals surface area (Å²) in [5, 5.41) is 16.8. The van der Waals surface area contributed by atoms with E-state index >= 15 is 0 Å². The van der Waals surface area contributed by atoms with E-state index in [2.05, 4.69) is 11.3 Å². The molecular weight excluding hydrogens is 288 g/mol. The predicted octanol–water partition coefficient (Wildman–Crippen LogP) is 3.75. The molecule has 0 aliphatic carbocycles. The average molecular weight is 316 g/mol. The van der Waals surface area contributed by atoms with Crippen LogP contribution in [-0.2, 0) is 19.1 Å². The van der Waals surface area contributed by atoms with Crippen LogP contribution in [0.15, 0.2) is 12.8 Å². The zero-order chi connectivity index (χ0) is 17.2. The lowest BCUT2D eigenvalue weighted by molar-refractivity contribution is -0.138. The second kappa shape index (κ2) is 17.2. The highest BCUT2D eigenvalue weighted by molar-refractivity contribution is 5.67. The van der Waals surface area contributed by atoms with Gasteiger partial charge in [-0.25, -0.2) is 0 Å². The number of aliphatic carboxylic acids is 2. The number of unbranched alkanes of at least 4 members (excludes halogenated alkanes) is 7. The summed E-state index contributed by atoms with van der Waals surface area (Å²) in [7, 11) is 0. The third-order valence-corrected chi connectivity index (χ3v) is 2.78. The van der Waals surface area contributed by atoms with Gasteiger partial charge in [0.15, 0.2) is 0 Å². The first-order chi connectivity index (χ1) is 10.4. The van der Waals surface area contributed by atoms with E-state index in [4.69, 9.17) is 10.2 Å². The number of carboxylic acid groups (broad SMARTS) is 2. The van der Waals surface area contributed by atoms with Crippen molar-refractivity contribution in [2.24, 2.45) is 0 Å². The quantitative estimate of drug-likeness (QED) is 0.323. The molecule has 0 fully saturated rings. The molecule has 0 aromatic rings. The zero-order valence-electron chi connectivity index (χ0n) is 13.4. The Morgan fingerprint density at radius 2 is 1.14 bits per heavy atom. The van der Waals surface area contributed by atoms with Crippen LogP contribution < -0.4 is 0 Å². The Morgan fingerprint density at radius 3 is 1.32 bits per heavy atom. The van der Waals surface area contributed by atoms with E-state index in [1.54, 1.807) is 0 Å². The minimum atomic E-state index is -0.714. The maximum absolute atomic E-state index is 10.2. The molecule has 0 saturated heterocycles. The summed E-state index contributed by atoms with van der Waals surface area (Å²) >= 11 is 0. The Bertz CT molecular complexity index is 303. The summed E-state index contributed by atoms with van der Waals surface area (Å²) in [5.74, 6) is -1.76. The highest BCUT2D eigenvalue weighted by atomic mass is 16.5. The minimum absolute atomic E-state index is 0.276. The summed E-state index contributed by atoms with van der Waals surface area (Å²) in [4.78, 5) is 30.2. The lowest BCUT2D eigenvalue weighted by atomic mass is 10.1. The Balaban J connectivity index is 0. The van der Waals surface area contributed by atoms with Gasteiger partial charge in [-0.15, -0.1) is 0 Å². The van der Waals surface area contributed by atoms with Crippen LogP contribution in [0, 0.1) is 0 Å². The van der Waals surface area contributed by atoms with Gasteiger partial charge in [0.1, 0.15) is 0 Å². The van der Waals surface area contributed by atoms with E-state index in [-0.39, 0.29) is 18.8 Å². The molecule has 0 bridgehead atoms. The molecule has 2 N–H and O–H groups in total. The van der Waals surface area contributed by atoms with Crippen molar-refractivity contribution in [3.8, 4) is 0 Å². The second-order valence-corrected chi connectivity index (χ2v) is 4.89. The molecule has 0 unspecified atom stereocenters. The summed E-state index contributed by atoms with van der Waals surface area (Å²) in [5.41, 5.74) is 0. The molecule has 0 aromatic carbocycles. The van der Waals surface area contributed by atoms with Crippen LogP contribution in [0.1, 0.15) is 71.1 Å². The van der Waals surface area contributed by atoms with E-state index in [1.807, 2.05) is 0 Å². The fourth-order valence-electron chi connectivity index (χ4n) is 1.73. The highest BCUT2D eigenvalue weighted by Gasteiger charge is 1.98. The Labute approximate surface area is 132 Å². The number of esters is 1. The average Bonchev–Trinajstić information content (AvgIpc) is 2.40. The van der Waals surface area contributed by atoms with Gasteiger partial charge in [-0.05, 0) is 12.8 Å². The fourth-order valence-corrected chi connectivity index (χ4v) is 1.73. The Morgan fingerprint density at radius 1 is 0.818 bits per heavy atom. The van der Waals surface area contributed by atoms with Crippen LogP contribution in [0.25, 0.3) is 0 Å². The smallest absolute Gasteiger partial charge is 0.307 e. The number of ether oxygens (including phenoxy) is 1. The molecule has 0 heterocycles. The van der Waals surface area contributed by atoms with E-state index < -0.39 is 11.9 Å². The van der Waals surface area contributed by atoms with Crippen LogP contribution in [0.5, 0.6) is 0 Å². The molecule has 0 atom stereocenters. The standard InChI is InChI=1S/C12H22O4.C4H6O2/c13-11(14)9-7-5-3-1-2-4-6-8-10-12(15)16;1-3-6-4(2)5/h1-10H2,(H,13,14)(H,15,16);3H,1H2,2H3. The zero-order valence-corrected chi connectivity index (χ0v) is 13.4. The largest absolute Gasteiger partial charge is 0.481 e. The third kappa shape index (κ3) is 26.7. The minimum Gasteiger partial charge on any atom is -0.481 e. The van der Waals surface area contributed by atoms with Crippen LogP contribution in [-0.4, -0.2) is 28.1 Å². The van der Waals surface area contributed by atoms with Gasteiger partial charge in [0.05, 0.1) is 6.26 Å². The van der Waals surface area contributed by atoms with Crippen molar-refractivity contribution in [3.63, 3.8) is 0 Å². The molecule has 0 saturated carbocycles. The van der Waals surface area contributed by atoms with Crippen molar-refractivity contribution in [2.45, 2.75) is 71.1 Å². The van der Waals surface area contributed by atoms with Crippen molar-refractivity contribution in [3.05, 3.63) is 12.8 Å². The molecule has 0 rings (SSSR count). The monoisotopic (exact) mass is 316 g/mol.